The lowest BCUT2D eigenvalue weighted by atomic mass is 9.91. The highest BCUT2D eigenvalue weighted by Gasteiger charge is 2.22. The van der Waals surface area contributed by atoms with Crippen LogP contribution in [0.5, 0.6) is 0 Å². The third kappa shape index (κ3) is 2.16. The molecule has 2 atom stereocenters. The zero-order valence-corrected chi connectivity index (χ0v) is 9.07. The number of nitrogen functional groups attached to an aromatic ring is 1. The number of hydrogen-bond donors (Lipinski definition) is 4. The van der Waals surface area contributed by atoms with Crippen LogP contribution in [0.25, 0.3) is 0 Å². The first kappa shape index (κ1) is 10.9. The molecule has 2 unspecified atom stereocenters. The number of rotatable bonds is 2. The Kier molecular flexibility index (Phi) is 3.09. The Labute approximate surface area is 93.4 Å². The molecule has 0 amide bonds. The van der Waals surface area contributed by atoms with Crippen LogP contribution >= 0.6 is 0 Å². The van der Waals surface area contributed by atoms with Gasteiger partial charge in [0.05, 0.1) is 6.33 Å². The Morgan fingerprint density at radius 3 is 2.94 bits per heavy atom. The molecule has 2 rings (SSSR count). The van der Waals surface area contributed by atoms with Crippen molar-refractivity contribution >= 4 is 11.5 Å². The van der Waals surface area contributed by atoms with Gasteiger partial charge in [-0.1, -0.05) is 12.8 Å². The van der Waals surface area contributed by atoms with Crippen molar-refractivity contribution in [3.8, 4) is 0 Å². The fourth-order valence-corrected chi connectivity index (χ4v) is 2.04. The Bertz CT molecular complexity index is 416. The van der Waals surface area contributed by atoms with Crippen molar-refractivity contribution in [3.63, 3.8) is 0 Å². The van der Waals surface area contributed by atoms with Gasteiger partial charge in [0.1, 0.15) is 5.69 Å². The summed E-state index contributed by atoms with van der Waals surface area (Å²) in [5.41, 5.74) is 11.4. The molecule has 1 fully saturated rings. The van der Waals surface area contributed by atoms with Crippen LogP contribution in [0.4, 0.5) is 11.5 Å². The molecule has 0 spiro atoms. The second-order valence-electron chi connectivity index (χ2n) is 4.19. The van der Waals surface area contributed by atoms with Crippen molar-refractivity contribution in [1.82, 2.24) is 9.97 Å². The maximum Gasteiger partial charge on any atom is 0.276 e. The number of aromatic nitrogens is 2. The van der Waals surface area contributed by atoms with Crippen LogP contribution in [0.15, 0.2) is 11.1 Å². The van der Waals surface area contributed by atoms with Crippen LogP contribution in [0.3, 0.4) is 0 Å². The molecule has 6 heteroatoms. The molecular formula is C10H17N5O. The molecule has 1 aliphatic carbocycles. The molecule has 1 saturated carbocycles. The van der Waals surface area contributed by atoms with E-state index in [1.807, 2.05) is 0 Å². The van der Waals surface area contributed by atoms with Gasteiger partial charge in [-0.3, -0.25) is 4.79 Å². The zero-order valence-electron chi connectivity index (χ0n) is 9.07. The Balaban J connectivity index is 2.14. The summed E-state index contributed by atoms with van der Waals surface area (Å²) in [6.07, 6.45) is 5.65. The molecular weight excluding hydrogens is 206 g/mol. The van der Waals surface area contributed by atoms with Gasteiger partial charge in [-0.2, -0.15) is 0 Å². The number of anilines is 2. The number of nitrogens with zero attached hydrogens (tertiary/aromatic N) is 1. The summed E-state index contributed by atoms with van der Waals surface area (Å²) in [4.78, 5) is 17.7. The molecule has 0 bridgehead atoms. The SMILES string of the molecule is Nc1c(NC2CCCCC2N)nc[nH]c1=O. The van der Waals surface area contributed by atoms with E-state index in [0.717, 1.165) is 25.7 Å². The topological polar surface area (TPSA) is 110 Å². The average molecular weight is 223 g/mol. The summed E-state index contributed by atoms with van der Waals surface area (Å²) in [6.45, 7) is 0. The van der Waals surface area contributed by atoms with Gasteiger partial charge in [-0.15, -0.1) is 0 Å². The molecule has 1 aromatic heterocycles. The first-order chi connectivity index (χ1) is 7.68. The van der Waals surface area contributed by atoms with E-state index < -0.39 is 0 Å². The Morgan fingerprint density at radius 1 is 1.44 bits per heavy atom. The maximum atomic E-state index is 11.3. The van der Waals surface area contributed by atoms with Gasteiger partial charge >= 0.3 is 0 Å². The monoisotopic (exact) mass is 223 g/mol. The lowest BCUT2D eigenvalue weighted by molar-refractivity contribution is 0.403. The van der Waals surface area contributed by atoms with Gasteiger partial charge in [0.2, 0.25) is 0 Å². The highest BCUT2D eigenvalue weighted by molar-refractivity contribution is 5.59. The van der Waals surface area contributed by atoms with Crippen molar-refractivity contribution in [2.24, 2.45) is 5.73 Å². The molecule has 0 aromatic carbocycles. The van der Waals surface area contributed by atoms with Gasteiger partial charge in [-0.25, -0.2) is 4.98 Å². The molecule has 88 valence electrons. The van der Waals surface area contributed by atoms with Crippen molar-refractivity contribution < 1.29 is 0 Å². The first-order valence-corrected chi connectivity index (χ1v) is 5.54. The number of nitrogens with two attached hydrogens (primary N) is 2. The largest absolute Gasteiger partial charge is 0.391 e. The van der Waals surface area contributed by atoms with Crippen LogP contribution in [-0.2, 0) is 0 Å². The smallest absolute Gasteiger partial charge is 0.276 e. The zero-order chi connectivity index (χ0) is 11.5. The minimum Gasteiger partial charge on any atom is -0.391 e. The molecule has 6 nitrogen and oxygen atoms in total. The number of H-pyrrole nitrogens is 1. The summed E-state index contributed by atoms with van der Waals surface area (Å²) in [5.74, 6) is 0.436. The van der Waals surface area contributed by atoms with Gasteiger partial charge < -0.3 is 21.8 Å². The lowest BCUT2D eigenvalue weighted by Gasteiger charge is -2.29. The van der Waals surface area contributed by atoms with Crippen molar-refractivity contribution in [1.29, 1.82) is 0 Å². The van der Waals surface area contributed by atoms with Gasteiger partial charge in [0.25, 0.3) is 5.56 Å². The minimum atomic E-state index is -0.318. The quantitative estimate of drug-likeness (QED) is 0.565. The van der Waals surface area contributed by atoms with E-state index in [-0.39, 0.29) is 23.3 Å². The lowest BCUT2D eigenvalue weighted by Crippen LogP contribution is -2.43. The second-order valence-corrected chi connectivity index (χ2v) is 4.19. The first-order valence-electron chi connectivity index (χ1n) is 5.54. The number of hydrogen-bond acceptors (Lipinski definition) is 5. The standard InChI is InChI=1S/C10H17N5O/c11-6-3-1-2-4-7(6)15-9-8(12)10(16)14-5-13-9/h5-7H,1-4,11-12H2,(H2,13,14,15,16). The minimum absolute atomic E-state index is 0.106. The summed E-state index contributed by atoms with van der Waals surface area (Å²) >= 11 is 0. The molecule has 1 aromatic rings. The molecule has 0 radical (unpaired) electrons. The van der Waals surface area contributed by atoms with Crippen molar-refractivity contribution in [2.45, 2.75) is 37.8 Å². The number of nitrogens with one attached hydrogen (secondary N) is 2. The van der Waals surface area contributed by atoms with E-state index in [2.05, 4.69) is 15.3 Å². The van der Waals surface area contributed by atoms with Gasteiger partial charge in [0, 0.05) is 12.1 Å². The molecule has 16 heavy (non-hydrogen) atoms. The van der Waals surface area contributed by atoms with Crippen LogP contribution in [-0.4, -0.2) is 22.1 Å². The average Bonchev–Trinajstić information content (AvgIpc) is 2.28. The summed E-state index contributed by atoms with van der Waals surface area (Å²) in [6, 6.07) is 0.264. The predicted molar refractivity (Wildman–Crippen MR) is 63.1 cm³/mol. The van der Waals surface area contributed by atoms with Crippen LogP contribution in [0, 0.1) is 0 Å². The highest BCUT2D eigenvalue weighted by Crippen LogP contribution is 2.21. The van der Waals surface area contributed by atoms with Crippen molar-refractivity contribution in [2.75, 3.05) is 11.1 Å². The number of aromatic amines is 1. The van der Waals surface area contributed by atoms with Gasteiger partial charge in [0.15, 0.2) is 5.82 Å². The summed E-state index contributed by atoms with van der Waals surface area (Å²) in [5, 5.41) is 3.16. The van der Waals surface area contributed by atoms with Crippen LogP contribution in [0.1, 0.15) is 25.7 Å². The summed E-state index contributed by atoms with van der Waals surface area (Å²) < 4.78 is 0. The van der Waals surface area contributed by atoms with E-state index in [4.69, 9.17) is 11.5 Å². The van der Waals surface area contributed by atoms with E-state index in [9.17, 15) is 4.79 Å². The highest BCUT2D eigenvalue weighted by atomic mass is 16.1. The fraction of sp³-hybridized carbons (Fsp3) is 0.600. The third-order valence-electron chi connectivity index (χ3n) is 3.03. The van der Waals surface area contributed by atoms with Crippen LogP contribution < -0.4 is 22.3 Å². The van der Waals surface area contributed by atoms with Crippen LogP contribution in [0.2, 0.25) is 0 Å². The normalized spacial score (nSPS) is 25.3. The molecule has 1 heterocycles. The fourth-order valence-electron chi connectivity index (χ4n) is 2.04. The molecule has 6 N–H and O–H groups in total. The van der Waals surface area contributed by atoms with Crippen molar-refractivity contribution in [3.05, 3.63) is 16.7 Å². The molecule has 1 aliphatic rings. The van der Waals surface area contributed by atoms with Gasteiger partial charge in [-0.05, 0) is 12.8 Å². The van der Waals surface area contributed by atoms with E-state index in [1.165, 1.54) is 6.33 Å². The Hall–Kier alpha value is -1.56. The molecule has 0 aliphatic heterocycles. The summed E-state index contributed by atoms with van der Waals surface area (Å²) in [7, 11) is 0. The Morgan fingerprint density at radius 2 is 2.19 bits per heavy atom. The third-order valence-corrected chi connectivity index (χ3v) is 3.03. The maximum absolute atomic E-state index is 11.3. The second kappa shape index (κ2) is 4.52. The molecule has 0 saturated heterocycles. The van der Waals surface area contributed by atoms with E-state index in [1.54, 1.807) is 0 Å². The van der Waals surface area contributed by atoms with E-state index in [0.29, 0.717) is 5.82 Å². The predicted octanol–water partition coefficient (Wildman–Crippen LogP) is 0.0339. The van der Waals surface area contributed by atoms with E-state index >= 15 is 0 Å².